The van der Waals surface area contributed by atoms with Crippen molar-refractivity contribution in [3.05, 3.63) is 130 Å². The maximum atomic E-state index is 13.1. The molecule has 1 unspecified atom stereocenters. The minimum absolute atomic E-state index is 0.135. The van der Waals surface area contributed by atoms with Crippen molar-refractivity contribution in [1.82, 2.24) is 14.5 Å². The number of anilines is 1. The average molecular weight is 574 g/mol. The van der Waals surface area contributed by atoms with Crippen molar-refractivity contribution in [3.8, 4) is 0 Å². The van der Waals surface area contributed by atoms with Gasteiger partial charge in [-0.2, -0.15) is 4.98 Å². The number of hydrogen-bond donors (Lipinski definition) is 2. The summed E-state index contributed by atoms with van der Waals surface area (Å²) in [7, 11) is -2.86. The van der Waals surface area contributed by atoms with Gasteiger partial charge < -0.3 is 10.1 Å². The van der Waals surface area contributed by atoms with E-state index in [1.165, 1.54) is 23.8 Å². The second kappa shape index (κ2) is 12.6. The first kappa shape index (κ1) is 28.5. The number of carbonyl (C=O) groups is 1. The van der Waals surface area contributed by atoms with E-state index in [1.54, 1.807) is 0 Å². The van der Waals surface area contributed by atoms with Crippen LogP contribution in [0.15, 0.2) is 108 Å². The lowest BCUT2D eigenvalue weighted by atomic mass is 9.75. The maximum absolute atomic E-state index is 13.1. The van der Waals surface area contributed by atoms with Gasteiger partial charge in [0, 0.05) is 30.8 Å². The number of benzene rings is 3. The summed E-state index contributed by atoms with van der Waals surface area (Å²) in [5.41, 5.74) is 1.56. The first-order valence-electron chi connectivity index (χ1n) is 13.1. The Morgan fingerprint density at radius 1 is 0.976 bits per heavy atom. The number of nitrogens with one attached hydrogen (secondary N) is 1. The number of ether oxygens (including phenoxy) is 1. The highest BCUT2D eigenvalue weighted by atomic mass is 31.1. The molecule has 2 heterocycles. The van der Waals surface area contributed by atoms with E-state index in [0.29, 0.717) is 6.54 Å². The van der Waals surface area contributed by atoms with Crippen molar-refractivity contribution >= 4 is 20.0 Å². The summed E-state index contributed by atoms with van der Waals surface area (Å²) in [5.74, 6) is -0.209. The third-order valence-corrected chi connectivity index (χ3v) is 7.38. The highest BCUT2D eigenvalue weighted by Crippen LogP contribution is 2.44. The number of rotatable bonds is 9. The molecule has 0 saturated carbocycles. The summed E-state index contributed by atoms with van der Waals surface area (Å²) in [6.45, 7) is 1.76. The zero-order valence-electron chi connectivity index (χ0n) is 22.4. The predicted molar refractivity (Wildman–Crippen MR) is 153 cm³/mol. The van der Waals surface area contributed by atoms with Crippen LogP contribution in [0, 0.1) is 0 Å². The van der Waals surface area contributed by atoms with Crippen LogP contribution in [0.25, 0.3) is 0 Å². The van der Waals surface area contributed by atoms with Crippen LogP contribution in [0.5, 0.6) is 0 Å². The Bertz CT molecular complexity index is 1460. The molecule has 11 heteroatoms. The molecule has 210 valence electrons. The van der Waals surface area contributed by atoms with Gasteiger partial charge in [-0.05, 0) is 22.8 Å². The van der Waals surface area contributed by atoms with Gasteiger partial charge in [0.15, 0.2) is 6.23 Å². The van der Waals surface area contributed by atoms with Gasteiger partial charge in [-0.3, -0.25) is 14.3 Å². The number of hydrogen-bond acceptors (Lipinski definition) is 7. The predicted octanol–water partition coefficient (Wildman–Crippen LogP) is 4.06. The fraction of sp³-hybridized carbons (Fsp3) is 0.233. The lowest BCUT2D eigenvalue weighted by Gasteiger charge is -2.50. The van der Waals surface area contributed by atoms with Crippen LogP contribution in [0.2, 0.25) is 0 Å². The van der Waals surface area contributed by atoms with Gasteiger partial charge in [-0.25, -0.2) is 4.79 Å². The summed E-state index contributed by atoms with van der Waals surface area (Å²) in [5, 5.41) is 2.52. The van der Waals surface area contributed by atoms with Crippen LogP contribution in [0.1, 0.15) is 29.8 Å². The summed E-state index contributed by atoms with van der Waals surface area (Å²) in [6.07, 6.45) is 0.0298. The Balaban J connectivity index is 1.67. The molecule has 0 aliphatic carbocycles. The summed E-state index contributed by atoms with van der Waals surface area (Å²) >= 11 is 0. The van der Waals surface area contributed by atoms with E-state index < -0.39 is 31.8 Å². The number of aromatic nitrogens is 2. The highest BCUT2D eigenvalue weighted by Gasteiger charge is 2.47. The summed E-state index contributed by atoms with van der Waals surface area (Å²) in [6, 6.07) is 31.7. The lowest BCUT2D eigenvalue weighted by Crippen LogP contribution is -2.58. The van der Waals surface area contributed by atoms with Gasteiger partial charge >= 0.3 is 13.9 Å². The fourth-order valence-electron chi connectivity index (χ4n) is 5.45. The van der Waals surface area contributed by atoms with E-state index in [0.717, 1.165) is 16.7 Å². The summed E-state index contributed by atoms with van der Waals surface area (Å²) in [4.78, 5) is 40.2. The molecule has 4 aromatic rings. The van der Waals surface area contributed by atoms with E-state index in [4.69, 9.17) is 9.26 Å². The second-order valence-electron chi connectivity index (χ2n) is 9.64. The van der Waals surface area contributed by atoms with Gasteiger partial charge in [0.1, 0.15) is 18.5 Å². The molecule has 2 N–H and O–H groups in total. The van der Waals surface area contributed by atoms with Crippen LogP contribution in [-0.4, -0.2) is 51.1 Å². The second-order valence-corrected chi connectivity index (χ2v) is 10.4. The molecule has 1 aromatic heterocycles. The van der Waals surface area contributed by atoms with Crippen LogP contribution >= 0.6 is 8.25 Å². The van der Waals surface area contributed by atoms with Gasteiger partial charge in [-0.15, -0.1) is 9.42 Å². The zero-order chi connectivity index (χ0) is 28.8. The third kappa shape index (κ3) is 6.17. The van der Waals surface area contributed by atoms with E-state index in [2.05, 4.69) is 51.6 Å². The Hall–Kier alpha value is -4.05. The van der Waals surface area contributed by atoms with Crippen molar-refractivity contribution in [2.45, 2.75) is 24.8 Å². The van der Waals surface area contributed by atoms with Crippen LogP contribution in [0.3, 0.4) is 0 Å². The molecule has 1 aliphatic rings. The van der Waals surface area contributed by atoms with Gasteiger partial charge in [0.05, 0.1) is 5.54 Å². The minimum Gasteiger partial charge on any atom is -0.349 e. The quantitative estimate of drug-likeness (QED) is 0.227. The van der Waals surface area contributed by atoms with Crippen molar-refractivity contribution in [1.29, 1.82) is 0 Å². The van der Waals surface area contributed by atoms with E-state index in [1.807, 2.05) is 54.6 Å². The Kier molecular flexibility index (Phi) is 8.78. The monoisotopic (exact) mass is 573 g/mol. The molecular weight excluding hydrogens is 543 g/mol. The van der Waals surface area contributed by atoms with E-state index in [-0.39, 0.29) is 24.9 Å². The van der Waals surface area contributed by atoms with Crippen LogP contribution < -0.4 is 11.0 Å². The normalized spacial score (nSPS) is 18.0. The van der Waals surface area contributed by atoms with E-state index in [9.17, 15) is 19.0 Å². The van der Waals surface area contributed by atoms with Crippen LogP contribution in [-0.2, 0) is 24.2 Å². The molecule has 41 heavy (non-hydrogen) atoms. The third-order valence-electron chi connectivity index (χ3n) is 7.01. The largest absolute Gasteiger partial charge is 0.694 e. The molecule has 3 aromatic carbocycles. The minimum atomic E-state index is -2.86. The van der Waals surface area contributed by atoms with Crippen molar-refractivity contribution in [2.75, 3.05) is 25.0 Å². The number of morpholine rings is 1. The van der Waals surface area contributed by atoms with Crippen molar-refractivity contribution < 1.29 is 23.5 Å². The molecule has 10 nitrogen and oxygen atoms in total. The first-order chi connectivity index (χ1) is 19.9. The number of nitrogens with zero attached hydrogens (tertiary/aromatic N) is 3. The zero-order valence-corrected chi connectivity index (χ0v) is 23.3. The molecule has 5 rings (SSSR count). The molecular formula is C30H30N4O6P+. The Morgan fingerprint density at radius 3 is 1.98 bits per heavy atom. The molecule has 1 amide bonds. The van der Waals surface area contributed by atoms with E-state index >= 15 is 0 Å². The molecule has 0 bridgehead atoms. The van der Waals surface area contributed by atoms with Gasteiger partial charge in [0.25, 0.3) is 0 Å². The standard InChI is InChI=1S/C30H29N4O6P/c1-22(35)31-27-17-18-34(29(36)32-27)28-20-33(19-26(40-28)21-39-41(37)38)30(23-11-5-2-6-12-23,24-13-7-3-8-14-24)25-15-9-4-10-16-25/h2-18,26,28H,19-21H2,1H3,(H-,31,32,35,36,37,38)/p+1/t26-,28+/m0/s1. The molecule has 1 fully saturated rings. The lowest BCUT2D eigenvalue weighted by molar-refractivity contribution is -0.148. The van der Waals surface area contributed by atoms with Crippen molar-refractivity contribution in [3.63, 3.8) is 0 Å². The maximum Gasteiger partial charge on any atom is 0.694 e. The topological polar surface area (TPSA) is 123 Å². The summed E-state index contributed by atoms with van der Waals surface area (Å²) < 4.78 is 24.2. The van der Waals surface area contributed by atoms with Gasteiger partial charge in [0.2, 0.25) is 5.91 Å². The SMILES string of the molecule is CC(=O)Nc1ccn([C@H]2CN(C(c3ccccc3)(c3ccccc3)c3ccccc3)C[C@@H](CO[P+](=O)O)O2)c(=O)n1. The Labute approximate surface area is 238 Å². The van der Waals surface area contributed by atoms with Crippen molar-refractivity contribution in [2.24, 2.45) is 0 Å². The number of amides is 1. The van der Waals surface area contributed by atoms with Gasteiger partial charge in [-0.1, -0.05) is 91.0 Å². The molecule has 3 atom stereocenters. The molecule has 1 saturated heterocycles. The number of carbonyl (C=O) groups excluding carboxylic acids is 1. The molecule has 0 radical (unpaired) electrons. The fourth-order valence-corrected chi connectivity index (χ4v) is 5.74. The first-order valence-corrected chi connectivity index (χ1v) is 14.2. The highest BCUT2D eigenvalue weighted by molar-refractivity contribution is 7.32. The Morgan fingerprint density at radius 2 is 1.51 bits per heavy atom. The average Bonchev–Trinajstić information content (AvgIpc) is 2.98. The molecule has 1 aliphatic heterocycles. The smallest absolute Gasteiger partial charge is 0.349 e. The molecule has 0 spiro atoms. The van der Waals surface area contributed by atoms with Crippen LogP contribution in [0.4, 0.5) is 5.82 Å².